The van der Waals surface area contributed by atoms with Gasteiger partial charge in [-0.3, -0.25) is 15.0 Å². The summed E-state index contributed by atoms with van der Waals surface area (Å²) in [5.74, 6) is 1.33. The van der Waals surface area contributed by atoms with Crippen LogP contribution in [0.4, 0.5) is 0 Å². The van der Waals surface area contributed by atoms with Crippen molar-refractivity contribution in [2.45, 2.75) is 6.92 Å². The first kappa shape index (κ1) is 21.3. The van der Waals surface area contributed by atoms with Gasteiger partial charge in [0.1, 0.15) is 0 Å². The molecule has 0 amide bonds. The van der Waals surface area contributed by atoms with E-state index in [4.69, 9.17) is 14.9 Å². The molecule has 3 aromatic carbocycles. The highest BCUT2D eigenvalue weighted by molar-refractivity contribution is 6.04. The van der Waals surface area contributed by atoms with Crippen LogP contribution in [0.2, 0.25) is 0 Å². The molecule has 0 spiro atoms. The molecular weight excluding hydrogens is 426 g/mol. The van der Waals surface area contributed by atoms with Crippen molar-refractivity contribution in [2.75, 3.05) is 14.2 Å². The number of imidazole rings is 1. The molecule has 7 heteroatoms. The lowest BCUT2D eigenvalue weighted by molar-refractivity contribution is 0.355. The zero-order chi connectivity index (χ0) is 24.0. The first-order valence-corrected chi connectivity index (χ1v) is 10.7. The van der Waals surface area contributed by atoms with Crippen LogP contribution in [0.1, 0.15) is 11.1 Å². The summed E-state index contributed by atoms with van der Waals surface area (Å²) < 4.78 is 14.6. The number of hydrogen-bond donors (Lipinski definition) is 1. The minimum absolute atomic E-state index is 0.305. The molecule has 0 fully saturated rings. The van der Waals surface area contributed by atoms with Crippen molar-refractivity contribution < 1.29 is 9.47 Å². The lowest BCUT2D eigenvalue weighted by Gasteiger charge is -2.12. The van der Waals surface area contributed by atoms with Crippen LogP contribution in [0.3, 0.4) is 0 Å². The van der Waals surface area contributed by atoms with Gasteiger partial charge >= 0.3 is 0 Å². The fourth-order valence-electron chi connectivity index (χ4n) is 4.37. The minimum atomic E-state index is 0.305. The highest BCUT2D eigenvalue weighted by Gasteiger charge is 2.17. The molecule has 2 heterocycles. The number of nitrogens with zero attached hydrogens (tertiary/aromatic N) is 4. The Kier molecular flexibility index (Phi) is 5.06. The van der Waals surface area contributed by atoms with Crippen LogP contribution < -0.4 is 15.1 Å². The van der Waals surface area contributed by atoms with E-state index >= 15 is 0 Å². The zero-order valence-electron chi connectivity index (χ0n) is 19.4. The normalized spacial score (nSPS) is 11.0. The van der Waals surface area contributed by atoms with Crippen LogP contribution in [0, 0.1) is 23.7 Å². The van der Waals surface area contributed by atoms with E-state index in [2.05, 4.69) is 17.1 Å². The van der Waals surface area contributed by atoms with E-state index in [-0.39, 0.29) is 0 Å². The predicted octanol–water partition coefficient (Wildman–Crippen LogP) is 4.86. The van der Waals surface area contributed by atoms with Crippen molar-refractivity contribution in [2.24, 2.45) is 7.05 Å². The van der Waals surface area contributed by atoms with Gasteiger partial charge in [-0.1, -0.05) is 18.2 Å². The van der Waals surface area contributed by atoms with Gasteiger partial charge in [0.15, 0.2) is 11.5 Å². The molecule has 0 saturated carbocycles. The van der Waals surface area contributed by atoms with E-state index in [1.807, 2.05) is 65.6 Å². The molecule has 2 aromatic heterocycles. The Morgan fingerprint density at radius 3 is 2.41 bits per heavy atom. The first-order valence-electron chi connectivity index (χ1n) is 10.7. The molecule has 34 heavy (non-hydrogen) atoms. The van der Waals surface area contributed by atoms with E-state index < -0.39 is 0 Å². The fourth-order valence-corrected chi connectivity index (χ4v) is 4.37. The second-order valence-electron chi connectivity index (χ2n) is 8.12. The minimum Gasteiger partial charge on any atom is -0.493 e. The van der Waals surface area contributed by atoms with Gasteiger partial charge in [-0.2, -0.15) is 5.26 Å². The highest BCUT2D eigenvalue weighted by atomic mass is 16.5. The molecule has 5 aromatic rings. The SMILES string of the molecule is COc1ccc(-c2ccc3ncc4c(c3c2)n(-c2cc(C#N)ccc2C)c(=N)n4C)cc1OC. The van der Waals surface area contributed by atoms with Crippen molar-refractivity contribution in [1.29, 1.82) is 10.7 Å². The van der Waals surface area contributed by atoms with Gasteiger partial charge in [-0.05, 0) is 60.0 Å². The molecule has 0 bridgehead atoms. The number of nitrogens with one attached hydrogen (secondary N) is 1. The average molecular weight is 450 g/mol. The van der Waals surface area contributed by atoms with Crippen LogP contribution in [-0.4, -0.2) is 28.3 Å². The molecule has 0 saturated heterocycles. The van der Waals surface area contributed by atoms with Crippen molar-refractivity contribution in [3.63, 3.8) is 0 Å². The van der Waals surface area contributed by atoms with Crippen molar-refractivity contribution >= 4 is 21.9 Å². The van der Waals surface area contributed by atoms with E-state index in [1.165, 1.54) is 0 Å². The maximum Gasteiger partial charge on any atom is 0.207 e. The summed E-state index contributed by atoms with van der Waals surface area (Å²) in [6.07, 6.45) is 1.80. The average Bonchev–Trinajstić information content (AvgIpc) is 3.13. The van der Waals surface area contributed by atoms with Crippen molar-refractivity contribution in [1.82, 2.24) is 14.1 Å². The standard InChI is InChI=1S/C27H23N5O2/c1-16-5-6-17(14-28)11-22(16)32-26-20-12-18(19-8-10-24(33-3)25(13-19)34-4)7-9-21(20)30-15-23(26)31(2)27(32)29/h5-13,15,29H,1-4H3. The van der Waals surface area contributed by atoms with Crippen LogP contribution >= 0.6 is 0 Å². The topological polar surface area (TPSA) is 88.9 Å². The molecule has 0 aliphatic heterocycles. The van der Waals surface area contributed by atoms with Crippen molar-refractivity contribution in [3.05, 3.63) is 77.5 Å². The number of fused-ring (bicyclic) bond motifs is 3. The Labute approximate surface area is 196 Å². The Hall–Kier alpha value is -4.57. The number of aromatic nitrogens is 3. The summed E-state index contributed by atoms with van der Waals surface area (Å²) in [6, 6.07) is 19.7. The first-order chi connectivity index (χ1) is 16.5. The van der Waals surface area contributed by atoms with Crippen LogP contribution in [0.15, 0.2) is 60.8 Å². The largest absolute Gasteiger partial charge is 0.493 e. The number of pyridine rings is 1. The van der Waals surface area contributed by atoms with Gasteiger partial charge < -0.3 is 14.0 Å². The summed E-state index contributed by atoms with van der Waals surface area (Å²) in [5, 5.41) is 19.2. The molecule has 5 rings (SSSR count). The Morgan fingerprint density at radius 2 is 1.68 bits per heavy atom. The third-order valence-electron chi connectivity index (χ3n) is 6.23. The van der Waals surface area contributed by atoms with E-state index in [1.54, 1.807) is 26.5 Å². The van der Waals surface area contributed by atoms with Gasteiger partial charge in [0, 0.05) is 12.4 Å². The molecular formula is C27H23N5O2. The van der Waals surface area contributed by atoms with E-state index in [9.17, 15) is 5.26 Å². The second-order valence-corrected chi connectivity index (χ2v) is 8.12. The number of ether oxygens (including phenoxy) is 2. The quantitative estimate of drug-likeness (QED) is 0.424. The van der Waals surface area contributed by atoms with Gasteiger partial charge in [0.25, 0.3) is 0 Å². The van der Waals surface area contributed by atoms with Gasteiger partial charge in [-0.15, -0.1) is 0 Å². The summed E-state index contributed by atoms with van der Waals surface area (Å²) in [4.78, 5) is 4.66. The van der Waals surface area contributed by atoms with Crippen molar-refractivity contribution in [3.8, 4) is 34.4 Å². The number of aryl methyl sites for hydroxylation is 2. The van der Waals surface area contributed by atoms with Gasteiger partial charge in [0.05, 0.1) is 54.3 Å². The van der Waals surface area contributed by atoms with Crippen LogP contribution in [0.5, 0.6) is 11.5 Å². The summed E-state index contributed by atoms with van der Waals surface area (Å²) >= 11 is 0. The number of methoxy groups -OCH3 is 2. The molecule has 0 atom stereocenters. The highest BCUT2D eigenvalue weighted by Crippen LogP contribution is 2.35. The maximum absolute atomic E-state index is 9.46. The maximum atomic E-state index is 9.46. The van der Waals surface area contributed by atoms with Gasteiger partial charge in [0.2, 0.25) is 5.62 Å². The van der Waals surface area contributed by atoms with Crippen LogP contribution in [0.25, 0.3) is 38.8 Å². The number of nitriles is 1. The molecule has 0 radical (unpaired) electrons. The van der Waals surface area contributed by atoms with E-state index in [0.717, 1.165) is 44.3 Å². The van der Waals surface area contributed by atoms with E-state index in [0.29, 0.717) is 22.7 Å². The van der Waals surface area contributed by atoms with Crippen LogP contribution in [-0.2, 0) is 7.05 Å². The third-order valence-corrected chi connectivity index (χ3v) is 6.23. The Morgan fingerprint density at radius 1 is 0.941 bits per heavy atom. The monoisotopic (exact) mass is 449 g/mol. The number of hydrogen-bond acceptors (Lipinski definition) is 5. The number of rotatable bonds is 4. The molecule has 7 nitrogen and oxygen atoms in total. The summed E-state index contributed by atoms with van der Waals surface area (Å²) in [5.41, 5.74) is 7.14. The summed E-state index contributed by atoms with van der Waals surface area (Å²) in [7, 11) is 5.10. The molecule has 1 N–H and O–H groups in total. The molecule has 0 unspecified atom stereocenters. The third kappa shape index (κ3) is 3.20. The predicted molar refractivity (Wildman–Crippen MR) is 131 cm³/mol. The lowest BCUT2D eigenvalue weighted by atomic mass is 10.0. The molecule has 0 aliphatic rings. The zero-order valence-corrected chi connectivity index (χ0v) is 19.4. The smallest absolute Gasteiger partial charge is 0.207 e. The van der Waals surface area contributed by atoms with Gasteiger partial charge in [-0.25, -0.2) is 0 Å². The Balaban J connectivity index is 1.84. The molecule has 0 aliphatic carbocycles. The summed E-state index contributed by atoms with van der Waals surface area (Å²) in [6.45, 7) is 1.99. The fraction of sp³-hybridized carbons (Fsp3) is 0.148. The Bertz CT molecular complexity index is 1690. The lowest BCUT2D eigenvalue weighted by Crippen LogP contribution is -2.21. The second kappa shape index (κ2) is 8.09. The number of benzene rings is 3. The molecule has 168 valence electrons.